The maximum Gasteiger partial charge on any atom is 0.246 e. The van der Waals surface area contributed by atoms with Crippen LogP contribution in [0.15, 0.2) is 53.4 Å². The van der Waals surface area contributed by atoms with Crippen molar-refractivity contribution in [3.63, 3.8) is 0 Å². The molecule has 7 nitrogen and oxygen atoms in total. The minimum atomic E-state index is -3.82. The number of amides is 1. The third-order valence-electron chi connectivity index (χ3n) is 4.68. The summed E-state index contributed by atoms with van der Waals surface area (Å²) in [5.74, 6) is -0.358. The standard InChI is InChI=1S/C21H19ClFN3O4S/c22-19-15-18(6-7-20(19)23)31(28,29)26-12-10-25(11-13-26)21(27)8-3-16-1-4-17(5-2-16)30-14-9-24/h1-8,15H,10-14H2/b8-3+. The van der Waals surface area contributed by atoms with Gasteiger partial charge in [0.15, 0.2) is 6.61 Å². The topological polar surface area (TPSA) is 90.7 Å². The van der Waals surface area contributed by atoms with Crippen LogP contribution >= 0.6 is 11.6 Å². The predicted molar refractivity (Wildman–Crippen MR) is 113 cm³/mol. The number of hydrogen-bond acceptors (Lipinski definition) is 5. The highest BCUT2D eigenvalue weighted by atomic mass is 35.5. The lowest BCUT2D eigenvalue weighted by atomic mass is 10.2. The molecule has 2 aromatic carbocycles. The number of benzene rings is 2. The molecule has 0 aliphatic carbocycles. The van der Waals surface area contributed by atoms with Crippen molar-refractivity contribution in [2.45, 2.75) is 4.90 Å². The minimum Gasteiger partial charge on any atom is -0.479 e. The van der Waals surface area contributed by atoms with E-state index in [1.54, 1.807) is 35.2 Å². The van der Waals surface area contributed by atoms with Gasteiger partial charge < -0.3 is 9.64 Å². The molecule has 0 radical (unpaired) electrons. The molecule has 0 N–H and O–H groups in total. The molecule has 1 fully saturated rings. The second-order valence-corrected chi connectivity index (χ2v) is 9.00. The Morgan fingerprint density at radius 2 is 1.84 bits per heavy atom. The first-order chi connectivity index (χ1) is 14.8. The van der Waals surface area contributed by atoms with Crippen molar-refractivity contribution in [3.05, 3.63) is 64.9 Å². The molecule has 1 aliphatic heterocycles. The molecule has 1 aliphatic rings. The fourth-order valence-electron chi connectivity index (χ4n) is 3.00. The zero-order valence-electron chi connectivity index (χ0n) is 16.4. The number of ether oxygens (including phenoxy) is 1. The van der Waals surface area contributed by atoms with E-state index in [-0.39, 0.29) is 48.6 Å². The SMILES string of the molecule is N#CCOc1ccc(/C=C/C(=O)N2CCN(S(=O)(=O)c3ccc(F)c(Cl)c3)CC2)cc1. The Kier molecular flexibility index (Phi) is 7.28. The number of sulfonamides is 1. The largest absolute Gasteiger partial charge is 0.479 e. The van der Waals surface area contributed by atoms with Gasteiger partial charge in [0, 0.05) is 32.3 Å². The molecule has 2 aromatic rings. The second-order valence-electron chi connectivity index (χ2n) is 6.65. The number of carbonyl (C=O) groups excluding carboxylic acids is 1. The quantitative estimate of drug-likeness (QED) is 0.614. The predicted octanol–water partition coefficient (Wildman–Crippen LogP) is 2.93. The Hall–Kier alpha value is -2.93. The van der Waals surface area contributed by atoms with E-state index >= 15 is 0 Å². The van der Waals surface area contributed by atoms with Crippen LogP contribution in [-0.4, -0.2) is 56.3 Å². The zero-order chi connectivity index (χ0) is 22.4. The lowest BCUT2D eigenvalue weighted by molar-refractivity contribution is -0.127. The third-order valence-corrected chi connectivity index (χ3v) is 6.87. The molecule has 0 unspecified atom stereocenters. The normalized spacial score (nSPS) is 15.1. The fourth-order valence-corrected chi connectivity index (χ4v) is 4.69. The molecule has 1 saturated heterocycles. The monoisotopic (exact) mass is 463 g/mol. The van der Waals surface area contributed by atoms with Crippen LogP contribution in [0.4, 0.5) is 4.39 Å². The van der Waals surface area contributed by atoms with Crippen molar-refractivity contribution in [2.24, 2.45) is 0 Å². The van der Waals surface area contributed by atoms with Crippen LogP contribution in [-0.2, 0) is 14.8 Å². The van der Waals surface area contributed by atoms with E-state index in [1.165, 1.54) is 16.4 Å². The van der Waals surface area contributed by atoms with Gasteiger partial charge in [-0.1, -0.05) is 23.7 Å². The van der Waals surface area contributed by atoms with Gasteiger partial charge in [0.05, 0.1) is 9.92 Å². The Morgan fingerprint density at radius 1 is 1.16 bits per heavy atom. The van der Waals surface area contributed by atoms with Crippen LogP contribution in [0.1, 0.15) is 5.56 Å². The summed E-state index contributed by atoms with van der Waals surface area (Å²) in [5.41, 5.74) is 0.784. The summed E-state index contributed by atoms with van der Waals surface area (Å²) in [4.78, 5) is 13.9. The lowest BCUT2D eigenvalue weighted by Crippen LogP contribution is -2.50. The van der Waals surface area contributed by atoms with Crippen molar-refractivity contribution in [1.29, 1.82) is 5.26 Å². The van der Waals surface area contributed by atoms with Crippen molar-refractivity contribution in [2.75, 3.05) is 32.8 Å². The Morgan fingerprint density at radius 3 is 2.45 bits per heavy atom. The highest BCUT2D eigenvalue weighted by Gasteiger charge is 2.30. The van der Waals surface area contributed by atoms with Crippen molar-refractivity contribution < 1.29 is 22.3 Å². The van der Waals surface area contributed by atoms with E-state index in [0.717, 1.165) is 17.7 Å². The summed E-state index contributed by atoms with van der Waals surface area (Å²) in [6.45, 7) is 0.684. The molecular weight excluding hydrogens is 445 g/mol. The summed E-state index contributed by atoms with van der Waals surface area (Å²) >= 11 is 5.70. The van der Waals surface area contributed by atoms with Gasteiger partial charge in [-0.25, -0.2) is 12.8 Å². The van der Waals surface area contributed by atoms with Crippen LogP contribution in [0.2, 0.25) is 5.02 Å². The number of carbonyl (C=O) groups is 1. The molecule has 10 heteroatoms. The first kappa shape index (κ1) is 22.7. The van der Waals surface area contributed by atoms with E-state index in [0.29, 0.717) is 5.75 Å². The van der Waals surface area contributed by atoms with Gasteiger partial charge in [-0.3, -0.25) is 4.79 Å². The Labute approximate surface area is 184 Å². The minimum absolute atomic E-state index is 0.0381. The number of nitriles is 1. The molecule has 3 rings (SSSR count). The highest BCUT2D eigenvalue weighted by Crippen LogP contribution is 2.23. The van der Waals surface area contributed by atoms with Crippen LogP contribution in [0.25, 0.3) is 6.08 Å². The molecule has 0 atom stereocenters. The number of nitrogens with zero attached hydrogens (tertiary/aromatic N) is 3. The summed E-state index contributed by atoms with van der Waals surface area (Å²) in [5, 5.41) is 8.25. The van der Waals surface area contributed by atoms with Gasteiger partial charge in [-0.15, -0.1) is 0 Å². The van der Waals surface area contributed by atoms with Crippen molar-refractivity contribution in [3.8, 4) is 11.8 Å². The summed E-state index contributed by atoms with van der Waals surface area (Å²) in [6.07, 6.45) is 3.08. The summed E-state index contributed by atoms with van der Waals surface area (Å²) < 4.78 is 45.2. The van der Waals surface area contributed by atoms with Crippen LogP contribution in [0.5, 0.6) is 5.75 Å². The second kappa shape index (κ2) is 9.92. The fraction of sp³-hybridized carbons (Fsp3) is 0.238. The molecule has 0 bridgehead atoms. The Balaban J connectivity index is 1.57. The molecule has 1 heterocycles. The first-order valence-corrected chi connectivity index (χ1v) is 11.1. The van der Waals surface area contributed by atoms with E-state index < -0.39 is 15.8 Å². The molecular formula is C21H19ClFN3O4S. The molecule has 0 aromatic heterocycles. The smallest absolute Gasteiger partial charge is 0.246 e. The van der Waals surface area contributed by atoms with Gasteiger partial charge in [-0.2, -0.15) is 9.57 Å². The molecule has 31 heavy (non-hydrogen) atoms. The maximum atomic E-state index is 13.3. The van der Waals surface area contributed by atoms with Crippen molar-refractivity contribution >= 4 is 33.6 Å². The highest BCUT2D eigenvalue weighted by molar-refractivity contribution is 7.89. The average molecular weight is 464 g/mol. The molecule has 0 saturated carbocycles. The first-order valence-electron chi connectivity index (χ1n) is 9.33. The van der Waals surface area contributed by atoms with E-state index in [1.807, 2.05) is 6.07 Å². The van der Waals surface area contributed by atoms with Gasteiger partial charge in [0.25, 0.3) is 0 Å². The van der Waals surface area contributed by atoms with Crippen LogP contribution < -0.4 is 4.74 Å². The van der Waals surface area contributed by atoms with Crippen LogP contribution in [0, 0.1) is 17.1 Å². The maximum absolute atomic E-state index is 13.3. The van der Waals surface area contributed by atoms with Gasteiger partial charge in [0.2, 0.25) is 15.9 Å². The lowest BCUT2D eigenvalue weighted by Gasteiger charge is -2.33. The van der Waals surface area contributed by atoms with Crippen molar-refractivity contribution in [1.82, 2.24) is 9.21 Å². The number of hydrogen-bond donors (Lipinski definition) is 0. The molecule has 162 valence electrons. The summed E-state index contributed by atoms with van der Waals surface area (Å²) in [7, 11) is -3.82. The molecule has 0 spiro atoms. The zero-order valence-corrected chi connectivity index (χ0v) is 17.9. The van der Waals surface area contributed by atoms with Gasteiger partial charge in [-0.05, 0) is 42.0 Å². The van der Waals surface area contributed by atoms with E-state index in [9.17, 15) is 17.6 Å². The third kappa shape index (κ3) is 5.61. The van der Waals surface area contributed by atoms with Gasteiger partial charge >= 0.3 is 0 Å². The number of rotatable bonds is 6. The number of halogens is 2. The van der Waals surface area contributed by atoms with Gasteiger partial charge in [0.1, 0.15) is 17.6 Å². The average Bonchev–Trinajstić information content (AvgIpc) is 2.78. The Bertz CT molecular complexity index is 1120. The molecule has 1 amide bonds. The van der Waals surface area contributed by atoms with E-state index in [2.05, 4.69) is 0 Å². The van der Waals surface area contributed by atoms with Crippen LogP contribution in [0.3, 0.4) is 0 Å². The summed E-state index contributed by atoms with van der Waals surface area (Å²) in [6, 6.07) is 12.1. The van der Waals surface area contributed by atoms with E-state index in [4.69, 9.17) is 21.6 Å². The number of piperazine rings is 1.